The number of hydrogen-bond donors (Lipinski definition) is 0. The van der Waals surface area contributed by atoms with Crippen LogP contribution in [0.2, 0.25) is 0 Å². The third-order valence-corrected chi connectivity index (χ3v) is 17.0. The molecule has 1 aliphatic heterocycles. The first-order valence-corrected chi connectivity index (χ1v) is 32.1. The van der Waals surface area contributed by atoms with Gasteiger partial charge in [-0.15, -0.1) is 0 Å². The van der Waals surface area contributed by atoms with Gasteiger partial charge in [-0.3, -0.25) is 38.4 Å². The number of carbonyl (C=O) groups excluding carboxylic acids is 8. The highest BCUT2D eigenvalue weighted by Crippen LogP contribution is 2.29. The summed E-state index contributed by atoms with van der Waals surface area (Å²) in [5.74, 6) is -1.12. The number of carbonyl (C=O) groups is 8. The molecule has 0 aromatic rings. The van der Waals surface area contributed by atoms with Crippen molar-refractivity contribution in [3.63, 3.8) is 0 Å². The quantitative estimate of drug-likeness (QED) is 0.0324. The van der Waals surface area contributed by atoms with Crippen LogP contribution in [0.5, 0.6) is 0 Å². The Hall–Kier alpha value is -4.40. The molecule has 20 heteroatoms. The molecule has 0 unspecified atom stereocenters. The van der Waals surface area contributed by atoms with Crippen molar-refractivity contribution < 1.29 is 76.3 Å². The lowest BCUT2D eigenvalue weighted by Crippen LogP contribution is -2.47. The number of nitrogens with zero attached hydrogens (tertiary/aromatic N) is 4. The van der Waals surface area contributed by atoms with Crippen LogP contribution in [0.15, 0.2) is 0 Å². The molecule has 20 nitrogen and oxygen atoms in total. The van der Waals surface area contributed by atoms with Gasteiger partial charge in [-0.05, 0) is 114 Å². The Morgan fingerprint density at radius 3 is 0.707 bits per heavy atom. The minimum atomic E-state index is -0.401. The monoisotopic (exact) mass is 1160 g/mol. The fourth-order valence-electron chi connectivity index (χ4n) is 12.2. The van der Waals surface area contributed by atoms with Gasteiger partial charge in [-0.25, -0.2) is 0 Å². The van der Waals surface area contributed by atoms with Crippen molar-refractivity contribution in [2.45, 2.75) is 193 Å². The maximum atomic E-state index is 12.8. The van der Waals surface area contributed by atoms with Gasteiger partial charge < -0.3 is 57.5 Å². The lowest BCUT2D eigenvalue weighted by Gasteiger charge is -2.35. The van der Waals surface area contributed by atoms with Gasteiger partial charge >= 0.3 is 47.8 Å². The van der Waals surface area contributed by atoms with Crippen LogP contribution in [0.4, 0.5) is 0 Å². The van der Waals surface area contributed by atoms with Crippen molar-refractivity contribution in [3.05, 3.63) is 0 Å². The molecular formula is C62H104N4O16. The maximum absolute atomic E-state index is 12.8. The molecule has 0 atom stereocenters. The largest absolute Gasteiger partial charge is 0.462 e. The lowest BCUT2D eigenvalue weighted by molar-refractivity contribution is -0.153. The van der Waals surface area contributed by atoms with E-state index in [4.69, 9.17) is 37.9 Å². The van der Waals surface area contributed by atoms with Gasteiger partial charge in [0.05, 0.1) is 25.7 Å². The van der Waals surface area contributed by atoms with Crippen LogP contribution in [0.1, 0.15) is 193 Å². The van der Waals surface area contributed by atoms with Crippen LogP contribution in [0, 0.1) is 23.7 Å². The minimum absolute atomic E-state index is 0.00553. The highest BCUT2D eigenvalue weighted by molar-refractivity contribution is 5.72. The summed E-state index contributed by atoms with van der Waals surface area (Å²) < 4.78 is 43.0. The average Bonchev–Trinajstić information content (AvgIpc) is 3.48. The van der Waals surface area contributed by atoms with Gasteiger partial charge in [0.15, 0.2) is 0 Å². The Balaban J connectivity index is 0.991. The zero-order chi connectivity index (χ0) is 58.2. The molecular weight excluding hydrogens is 1060 g/mol. The van der Waals surface area contributed by atoms with E-state index in [1.54, 1.807) is 0 Å². The van der Waals surface area contributed by atoms with E-state index in [0.29, 0.717) is 88.6 Å². The molecule has 0 aromatic heterocycles. The van der Waals surface area contributed by atoms with E-state index in [0.717, 1.165) is 155 Å². The first kappa shape index (κ1) is 68.4. The molecule has 0 amide bonds. The molecule has 0 radical (unpaired) electrons. The first-order chi connectivity index (χ1) is 39.9. The van der Waals surface area contributed by atoms with Crippen LogP contribution in [0.3, 0.4) is 0 Å². The van der Waals surface area contributed by atoms with Crippen LogP contribution >= 0.6 is 0 Å². The molecule has 468 valence electrons. The molecule has 0 aromatic carbocycles. The van der Waals surface area contributed by atoms with Crippen molar-refractivity contribution in [3.8, 4) is 0 Å². The van der Waals surface area contributed by atoms with E-state index in [-0.39, 0.29) is 102 Å². The van der Waals surface area contributed by atoms with E-state index < -0.39 is 23.9 Å². The lowest BCUT2D eigenvalue weighted by atomic mass is 9.87. The summed E-state index contributed by atoms with van der Waals surface area (Å²) in [4.78, 5) is 109. The SMILES string of the molecule is O=C(CCN(CCCN1CCN(CCCN(CCC(=O)OCCOC(=O)CC2CCCCC2)CCC(=O)OCCOC(=O)CC2CCCCC2)CC1)CCC(=O)OCCOC(=O)CC1CCCCC1)OCCOC(=O)CC1CCCCC1. The number of piperazine rings is 1. The Morgan fingerprint density at radius 1 is 0.280 bits per heavy atom. The van der Waals surface area contributed by atoms with Crippen LogP contribution in [-0.2, 0) is 76.3 Å². The van der Waals surface area contributed by atoms with E-state index in [9.17, 15) is 38.4 Å². The van der Waals surface area contributed by atoms with Gasteiger partial charge in [0, 0.05) is 78.0 Å². The fraction of sp³-hybridized carbons (Fsp3) is 0.871. The number of esters is 8. The average molecular weight is 1160 g/mol. The van der Waals surface area contributed by atoms with Gasteiger partial charge in [0.25, 0.3) is 0 Å². The second-order valence-electron chi connectivity index (χ2n) is 23.7. The zero-order valence-electron chi connectivity index (χ0n) is 50.0. The van der Waals surface area contributed by atoms with Crippen molar-refractivity contribution in [2.75, 3.05) is 131 Å². The number of rotatable bonds is 40. The molecule has 0 N–H and O–H groups in total. The molecule has 1 heterocycles. The van der Waals surface area contributed by atoms with Crippen molar-refractivity contribution in [1.29, 1.82) is 0 Å². The summed E-state index contributed by atoms with van der Waals surface area (Å²) in [6.45, 7) is 8.09. The Kier molecular flexibility index (Phi) is 35.4. The highest BCUT2D eigenvalue weighted by Gasteiger charge is 2.24. The van der Waals surface area contributed by atoms with Gasteiger partial charge in [0.1, 0.15) is 52.9 Å². The zero-order valence-corrected chi connectivity index (χ0v) is 50.0. The molecule has 0 bridgehead atoms. The summed E-state index contributed by atoms with van der Waals surface area (Å²) in [6, 6.07) is 0. The molecule has 0 spiro atoms. The Labute approximate surface area is 489 Å². The van der Waals surface area contributed by atoms with Gasteiger partial charge in [-0.1, -0.05) is 77.0 Å². The predicted octanol–water partition coefficient (Wildman–Crippen LogP) is 7.78. The predicted molar refractivity (Wildman–Crippen MR) is 306 cm³/mol. The maximum Gasteiger partial charge on any atom is 0.307 e. The second-order valence-corrected chi connectivity index (χ2v) is 23.7. The van der Waals surface area contributed by atoms with E-state index >= 15 is 0 Å². The topological polar surface area (TPSA) is 223 Å². The highest BCUT2D eigenvalue weighted by atomic mass is 16.6. The molecule has 5 rings (SSSR count). The number of ether oxygens (including phenoxy) is 8. The van der Waals surface area contributed by atoms with Crippen molar-refractivity contribution in [2.24, 2.45) is 23.7 Å². The Morgan fingerprint density at radius 2 is 0.488 bits per heavy atom. The van der Waals surface area contributed by atoms with Crippen LogP contribution in [0.25, 0.3) is 0 Å². The molecule has 5 aliphatic rings. The van der Waals surface area contributed by atoms with Gasteiger partial charge in [-0.2, -0.15) is 0 Å². The summed E-state index contributed by atoms with van der Waals surface area (Å²) in [5.41, 5.74) is 0. The van der Waals surface area contributed by atoms with Crippen LogP contribution in [-0.4, -0.2) is 199 Å². The van der Waals surface area contributed by atoms with Crippen LogP contribution < -0.4 is 0 Å². The third kappa shape index (κ3) is 32.6. The second kappa shape index (κ2) is 42.4. The van der Waals surface area contributed by atoms with E-state index in [2.05, 4.69) is 19.6 Å². The molecule has 4 aliphatic carbocycles. The molecule has 4 saturated carbocycles. The van der Waals surface area contributed by atoms with Crippen molar-refractivity contribution >= 4 is 47.8 Å². The van der Waals surface area contributed by atoms with E-state index in [1.807, 2.05) is 0 Å². The standard InChI is InChI=1S/C62H104N4O16/c67-55(75-39-43-79-59(71)47-51-15-5-1-6-16-51)23-31-63(32-24-56(68)76-40-44-80-60(72)48-52-17-7-2-8-18-52)27-13-29-65-35-37-66(38-36-65)30-14-28-64(33-25-57(69)77-41-45-81-61(73)49-53-19-9-3-10-20-53)34-26-58(70)78-42-46-82-62(74)50-54-21-11-4-12-22-54/h51-54H,1-50H2. The fourth-order valence-corrected chi connectivity index (χ4v) is 12.2. The Bertz CT molecular complexity index is 1600. The first-order valence-electron chi connectivity index (χ1n) is 32.1. The normalized spacial score (nSPS) is 18.2. The van der Waals surface area contributed by atoms with E-state index in [1.165, 1.54) is 25.7 Å². The summed E-state index contributed by atoms with van der Waals surface area (Å²) in [7, 11) is 0. The minimum Gasteiger partial charge on any atom is -0.462 e. The summed E-state index contributed by atoms with van der Waals surface area (Å²) in [6.07, 6.45) is 26.2. The smallest absolute Gasteiger partial charge is 0.307 e. The number of hydrogen-bond acceptors (Lipinski definition) is 20. The molecule has 82 heavy (non-hydrogen) atoms. The molecule has 1 saturated heterocycles. The third-order valence-electron chi connectivity index (χ3n) is 17.0. The summed E-state index contributed by atoms with van der Waals surface area (Å²) in [5, 5.41) is 0. The van der Waals surface area contributed by atoms with Gasteiger partial charge in [0.2, 0.25) is 0 Å². The summed E-state index contributed by atoms with van der Waals surface area (Å²) >= 11 is 0. The van der Waals surface area contributed by atoms with Crippen molar-refractivity contribution in [1.82, 2.24) is 19.6 Å². The molecule has 5 fully saturated rings.